The van der Waals surface area contributed by atoms with Gasteiger partial charge in [-0.15, -0.1) is 0 Å². The molecule has 1 aromatic carbocycles. The van der Waals surface area contributed by atoms with Crippen LogP contribution in [-0.2, 0) is 0 Å². The summed E-state index contributed by atoms with van der Waals surface area (Å²) >= 11 is 6.72. The Kier molecular flexibility index (Phi) is 4.14. The fraction of sp³-hybridized carbons (Fsp3) is 0.0769. The van der Waals surface area contributed by atoms with Gasteiger partial charge in [0.2, 0.25) is 0 Å². The molecule has 1 heterocycles. The average molecular weight is 370 g/mol. The molecular weight excluding hydrogens is 360 g/mol. The Hall–Kier alpha value is -1.20. The number of pyridine rings is 1. The molecule has 2 rings (SSSR count). The number of rotatable bonds is 2. The lowest BCUT2D eigenvalue weighted by atomic mass is 10.1. The van der Waals surface area contributed by atoms with Gasteiger partial charge in [0.1, 0.15) is 0 Å². The summed E-state index contributed by atoms with van der Waals surface area (Å²) in [5.41, 5.74) is 2.35. The molecule has 1 amide bonds. The van der Waals surface area contributed by atoms with E-state index in [4.69, 9.17) is 0 Å². The minimum Gasteiger partial charge on any atom is -0.321 e. The van der Waals surface area contributed by atoms with Crippen molar-refractivity contribution in [1.29, 1.82) is 0 Å². The predicted octanol–water partition coefficient (Wildman–Crippen LogP) is 4.17. The minimum atomic E-state index is -0.155. The van der Waals surface area contributed by atoms with Crippen molar-refractivity contribution in [3.8, 4) is 0 Å². The van der Waals surface area contributed by atoms with E-state index in [2.05, 4.69) is 42.2 Å². The molecule has 0 radical (unpaired) electrons. The average Bonchev–Trinajstić information content (AvgIpc) is 2.35. The smallest absolute Gasteiger partial charge is 0.256 e. The van der Waals surface area contributed by atoms with E-state index in [9.17, 15) is 4.79 Å². The van der Waals surface area contributed by atoms with Gasteiger partial charge in [-0.3, -0.25) is 9.78 Å². The molecule has 0 aliphatic rings. The number of nitrogens with one attached hydrogen (secondary N) is 1. The van der Waals surface area contributed by atoms with Crippen LogP contribution in [0.3, 0.4) is 0 Å². The van der Waals surface area contributed by atoms with Crippen LogP contribution in [0.2, 0.25) is 0 Å². The molecular formula is C13H10Br2N2O. The maximum absolute atomic E-state index is 12.2. The number of nitrogens with zero attached hydrogens (tertiary/aromatic N) is 1. The minimum absolute atomic E-state index is 0.155. The van der Waals surface area contributed by atoms with Gasteiger partial charge in [-0.05, 0) is 57.0 Å². The van der Waals surface area contributed by atoms with Gasteiger partial charge in [-0.1, -0.05) is 11.6 Å². The van der Waals surface area contributed by atoms with Crippen LogP contribution in [-0.4, -0.2) is 10.9 Å². The molecule has 3 nitrogen and oxygen atoms in total. The van der Waals surface area contributed by atoms with Crippen LogP contribution in [0, 0.1) is 6.92 Å². The summed E-state index contributed by atoms with van der Waals surface area (Å²) in [6, 6.07) is 7.40. The quantitative estimate of drug-likeness (QED) is 0.863. The summed E-state index contributed by atoms with van der Waals surface area (Å²) in [6.45, 7) is 1.95. The number of carbonyl (C=O) groups excluding carboxylic acids is 1. The molecule has 0 saturated heterocycles. The molecule has 0 fully saturated rings. The third-order valence-electron chi connectivity index (χ3n) is 2.39. The van der Waals surface area contributed by atoms with Crippen molar-refractivity contribution in [2.24, 2.45) is 0 Å². The summed E-state index contributed by atoms with van der Waals surface area (Å²) in [5.74, 6) is -0.155. The Labute approximate surface area is 122 Å². The largest absolute Gasteiger partial charge is 0.321 e. The SMILES string of the molecule is Cc1ccc(Br)c(C(=O)Nc2ccncc2Br)c1. The molecule has 0 spiro atoms. The van der Waals surface area contributed by atoms with Crippen LogP contribution in [0.5, 0.6) is 0 Å². The van der Waals surface area contributed by atoms with Crippen LogP contribution in [0.1, 0.15) is 15.9 Å². The third kappa shape index (κ3) is 2.97. The lowest BCUT2D eigenvalue weighted by Crippen LogP contribution is -2.13. The van der Waals surface area contributed by atoms with E-state index < -0.39 is 0 Å². The first-order chi connectivity index (χ1) is 8.58. The van der Waals surface area contributed by atoms with Crippen molar-refractivity contribution in [3.05, 3.63) is 56.7 Å². The lowest BCUT2D eigenvalue weighted by molar-refractivity contribution is 0.102. The van der Waals surface area contributed by atoms with Gasteiger partial charge in [0, 0.05) is 16.9 Å². The number of halogens is 2. The number of hydrogen-bond donors (Lipinski definition) is 1. The third-order valence-corrected chi connectivity index (χ3v) is 3.71. The van der Waals surface area contributed by atoms with E-state index in [1.807, 2.05) is 25.1 Å². The molecule has 0 aliphatic carbocycles. The van der Waals surface area contributed by atoms with Gasteiger partial charge < -0.3 is 5.32 Å². The van der Waals surface area contributed by atoms with E-state index in [-0.39, 0.29) is 5.91 Å². The van der Waals surface area contributed by atoms with Crippen molar-refractivity contribution in [2.45, 2.75) is 6.92 Å². The second-order valence-corrected chi connectivity index (χ2v) is 5.50. The highest BCUT2D eigenvalue weighted by atomic mass is 79.9. The molecule has 0 aliphatic heterocycles. The summed E-state index contributed by atoms with van der Waals surface area (Å²) in [5, 5.41) is 2.84. The zero-order chi connectivity index (χ0) is 13.1. The molecule has 1 aromatic heterocycles. The van der Waals surface area contributed by atoms with E-state index in [0.717, 1.165) is 14.5 Å². The van der Waals surface area contributed by atoms with Gasteiger partial charge in [-0.2, -0.15) is 0 Å². The highest BCUT2D eigenvalue weighted by Crippen LogP contribution is 2.23. The maximum Gasteiger partial charge on any atom is 0.256 e. The number of carbonyl (C=O) groups is 1. The summed E-state index contributed by atoms with van der Waals surface area (Å²) in [6.07, 6.45) is 3.27. The first kappa shape index (κ1) is 13.2. The second-order valence-electron chi connectivity index (χ2n) is 3.79. The van der Waals surface area contributed by atoms with Gasteiger partial charge in [-0.25, -0.2) is 0 Å². The van der Waals surface area contributed by atoms with Crippen LogP contribution in [0.25, 0.3) is 0 Å². The van der Waals surface area contributed by atoms with Crippen LogP contribution >= 0.6 is 31.9 Å². The second kappa shape index (κ2) is 5.63. The summed E-state index contributed by atoms with van der Waals surface area (Å²) in [7, 11) is 0. The highest BCUT2D eigenvalue weighted by Gasteiger charge is 2.11. The van der Waals surface area contributed by atoms with Crippen LogP contribution in [0.4, 0.5) is 5.69 Å². The fourth-order valence-electron chi connectivity index (χ4n) is 1.48. The molecule has 0 unspecified atom stereocenters. The maximum atomic E-state index is 12.2. The molecule has 92 valence electrons. The van der Waals surface area contributed by atoms with Crippen molar-refractivity contribution >= 4 is 43.5 Å². The van der Waals surface area contributed by atoms with Crippen molar-refractivity contribution in [1.82, 2.24) is 4.98 Å². The zero-order valence-electron chi connectivity index (χ0n) is 9.58. The number of anilines is 1. The Morgan fingerprint density at radius 1 is 1.22 bits per heavy atom. The van der Waals surface area contributed by atoms with Gasteiger partial charge >= 0.3 is 0 Å². The predicted molar refractivity (Wildman–Crippen MR) is 78.8 cm³/mol. The van der Waals surface area contributed by atoms with Crippen molar-refractivity contribution < 1.29 is 4.79 Å². The first-order valence-electron chi connectivity index (χ1n) is 5.25. The molecule has 1 N–H and O–H groups in total. The Morgan fingerprint density at radius 3 is 2.72 bits per heavy atom. The van der Waals surface area contributed by atoms with E-state index >= 15 is 0 Å². The molecule has 18 heavy (non-hydrogen) atoms. The van der Waals surface area contributed by atoms with E-state index in [1.165, 1.54) is 0 Å². The van der Waals surface area contributed by atoms with Crippen molar-refractivity contribution in [3.63, 3.8) is 0 Å². The monoisotopic (exact) mass is 368 g/mol. The Morgan fingerprint density at radius 2 is 2.00 bits per heavy atom. The highest BCUT2D eigenvalue weighted by molar-refractivity contribution is 9.11. The lowest BCUT2D eigenvalue weighted by Gasteiger charge is -2.08. The summed E-state index contributed by atoms with van der Waals surface area (Å²) in [4.78, 5) is 16.1. The topological polar surface area (TPSA) is 42.0 Å². The fourth-order valence-corrected chi connectivity index (χ4v) is 2.26. The molecule has 0 atom stereocenters. The first-order valence-corrected chi connectivity index (χ1v) is 6.83. The van der Waals surface area contributed by atoms with Crippen molar-refractivity contribution in [2.75, 3.05) is 5.32 Å². The number of aryl methyl sites for hydroxylation is 1. The number of aromatic nitrogens is 1. The van der Waals surface area contributed by atoms with Gasteiger partial charge in [0.25, 0.3) is 5.91 Å². The standard InChI is InChI=1S/C13H10Br2N2O/c1-8-2-3-10(14)9(6-8)13(18)17-12-4-5-16-7-11(12)15/h2-7H,1H3,(H,16,17,18). The molecule has 2 aromatic rings. The van der Waals surface area contributed by atoms with Gasteiger partial charge in [0.05, 0.1) is 15.7 Å². The van der Waals surface area contributed by atoms with E-state index in [1.54, 1.807) is 18.5 Å². The normalized spacial score (nSPS) is 10.2. The number of hydrogen-bond acceptors (Lipinski definition) is 2. The number of amides is 1. The van der Waals surface area contributed by atoms with Crippen LogP contribution in [0.15, 0.2) is 45.6 Å². The molecule has 5 heteroatoms. The van der Waals surface area contributed by atoms with E-state index in [0.29, 0.717) is 11.3 Å². The molecule has 0 saturated carbocycles. The summed E-state index contributed by atoms with van der Waals surface area (Å²) < 4.78 is 1.53. The zero-order valence-corrected chi connectivity index (χ0v) is 12.7. The number of benzene rings is 1. The Balaban J connectivity index is 2.28. The molecule has 0 bridgehead atoms. The Bertz CT molecular complexity index is 599. The van der Waals surface area contributed by atoms with Crippen LogP contribution < -0.4 is 5.32 Å². The van der Waals surface area contributed by atoms with Gasteiger partial charge in [0.15, 0.2) is 0 Å².